The van der Waals surface area contributed by atoms with E-state index in [1.165, 1.54) is 17.4 Å². The molecule has 112 valence electrons. The summed E-state index contributed by atoms with van der Waals surface area (Å²) < 4.78 is 13.7. The van der Waals surface area contributed by atoms with E-state index < -0.39 is 12.0 Å². The molecular formula is C16H18FNO2S. The molecule has 2 N–H and O–H groups in total. The fourth-order valence-corrected chi connectivity index (χ4v) is 3.08. The summed E-state index contributed by atoms with van der Waals surface area (Å²) in [6.07, 6.45) is 0. The first-order valence-corrected chi connectivity index (χ1v) is 7.60. The molecule has 0 unspecified atom stereocenters. The third-order valence-corrected chi connectivity index (χ3v) is 4.35. The Kier molecular flexibility index (Phi) is 5.09. The van der Waals surface area contributed by atoms with Gasteiger partial charge in [0, 0.05) is 21.9 Å². The Morgan fingerprint density at radius 2 is 2.00 bits per heavy atom. The maximum atomic E-state index is 13.7. The van der Waals surface area contributed by atoms with Gasteiger partial charge in [0.15, 0.2) is 0 Å². The van der Waals surface area contributed by atoms with Gasteiger partial charge in [-0.2, -0.15) is 0 Å². The van der Waals surface area contributed by atoms with Gasteiger partial charge in [-0.25, -0.2) is 4.39 Å². The van der Waals surface area contributed by atoms with Crippen LogP contribution in [0.5, 0.6) is 0 Å². The van der Waals surface area contributed by atoms with E-state index in [1.54, 1.807) is 18.2 Å². The number of carboxylic acid groups (broad SMARTS) is 1. The first kappa shape index (κ1) is 15.7. The zero-order chi connectivity index (χ0) is 15.4. The first-order chi connectivity index (χ1) is 9.99. The summed E-state index contributed by atoms with van der Waals surface area (Å²) in [6.45, 7) is 4.20. The van der Waals surface area contributed by atoms with E-state index in [2.05, 4.69) is 5.32 Å². The Balaban J connectivity index is 2.07. The van der Waals surface area contributed by atoms with Gasteiger partial charge in [0.25, 0.3) is 0 Å². The topological polar surface area (TPSA) is 49.3 Å². The van der Waals surface area contributed by atoms with E-state index in [9.17, 15) is 9.18 Å². The number of benzene rings is 1. The summed E-state index contributed by atoms with van der Waals surface area (Å²) in [5.74, 6) is -1.09. The molecule has 1 aromatic carbocycles. The standard InChI is InChI=1S/C16H18FNO2S/c1-10(2)15(16(19)20)18-9-11-7-8-14(21-11)12-5-3-4-6-13(12)17/h3-8,10,15,18H,9H2,1-2H3,(H,19,20)/t15-/m1/s1. The molecular weight excluding hydrogens is 289 g/mol. The number of rotatable bonds is 6. The Hall–Kier alpha value is -1.72. The molecule has 0 aliphatic carbocycles. The summed E-state index contributed by atoms with van der Waals surface area (Å²) in [5.41, 5.74) is 0.576. The molecule has 0 saturated heterocycles. The molecule has 21 heavy (non-hydrogen) atoms. The predicted octanol–water partition coefficient (Wildman–Crippen LogP) is 3.75. The normalized spacial score (nSPS) is 12.6. The lowest BCUT2D eigenvalue weighted by Crippen LogP contribution is -2.40. The van der Waals surface area contributed by atoms with Crippen LogP contribution in [0, 0.1) is 11.7 Å². The highest BCUT2D eigenvalue weighted by Gasteiger charge is 2.20. The molecule has 1 atom stereocenters. The van der Waals surface area contributed by atoms with Crippen molar-refractivity contribution < 1.29 is 14.3 Å². The largest absolute Gasteiger partial charge is 0.480 e. The zero-order valence-electron chi connectivity index (χ0n) is 12.0. The number of aliphatic carboxylic acids is 1. The van der Waals surface area contributed by atoms with Crippen molar-refractivity contribution in [3.05, 3.63) is 47.1 Å². The minimum Gasteiger partial charge on any atom is -0.480 e. The molecule has 2 aromatic rings. The number of carbonyl (C=O) groups is 1. The Bertz CT molecular complexity index is 624. The predicted molar refractivity (Wildman–Crippen MR) is 82.8 cm³/mol. The van der Waals surface area contributed by atoms with Crippen LogP contribution >= 0.6 is 11.3 Å². The average molecular weight is 307 g/mol. The van der Waals surface area contributed by atoms with Crippen LogP contribution in [0.25, 0.3) is 10.4 Å². The summed E-state index contributed by atoms with van der Waals surface area (Å²) in [5, 5.41) is 12.2. The van der Waals surface area contributed by atoms with Crippen molar-refractivity contribution in [1.82, 2.24) is 5.32 Å². The molecule has 2 rings (SSSR count). The van der Waals surface area contributed by atoms with E-state index in [-0.39, 0.29) is 11.7 Å². The van der Waals surface area contributed by atoms with Crippen molar-refractivity contribution in [2.24, 2.45) is 5.92 Å². The molecule has 3 nitrogen and oxygen atoms in total. The number of thiophene rings is 1. The lowest BCUT2D eigenvalue weighted by Gasteiger charge is -2.17. The van der Waals surface area contributed by atoms with Gasteiger partial charge in [-0.15, -0.1) is 11.3 Å². The van der Waals surface area contributed by atoms with E-state index in [4.69, 9.17) is 5.11 Å². The highest BCUT2D eigenvalue weighted by atomic mass is 32.1. The van der Waals surface area contributed by atoms with Crippen molar-refractivity contribution in [2.45, 2.75) is 26.4 Å². The maximum absolute atomic E-state index is 13.7. The van der Waals surface area contributed by atoms with Crippen LogP contribution in [0.4, 0.5) is 4.39 Å². The molecule has 0 amide bonds. The minimum absolute atomic E-state index is 0.00787. The zero-order valence-corrected chi connectivity index (χ0v) is 12.8. The van der Waals surface area contributed by atoms with Crippen LogP contribution in [0.15, 0.2) is 36.4 Å². The second kappa shape index (κ2) is 6.83. The number of hydrogen-bond acceptors (Lipinski definition) is 3. The monoisotopic (exact) mass is 307 g/mol. The van der Waals surface area contributed by atoms with E-state index in [0.29, 0.717) is 12.1 Å². The quantitative estimate of drug-likeness (QED) is 0.854. The lowest BCUT2D eigenvalue weighted by molar-refractivity contribution is -0.140. The van der Waals surface area contributed by atoms with Gasteiger partial charge in [0.2, 0.25) is 0 Å². The van der Waals surface area contributed by atoms with Gasteiger partial charge in [0.1, 0.15) is 11.9 Å². The van der Waals surface area contributed by atoms with Crippen LogP contribution in [-0.4, -0.2) is 17.1 Å². The molecule has 0 spiro atoms. The molecule has 1 aromatic heterocycles. The number of hydrogen-bond donors (Lipinski definition) is 2. The smallest absolute Gasteiger partial charge is 0.320 e. The molecule has 0 aliphatic rings. The second-order valence-corrected chi connectivity index (χ2v) is 6.35. The summed E-state index contributed by atoms with van der Waals surface area (Å²) >= 11 is 1.47. The summed E-state index contributed by atoms with van der Waals surface area (Å²) in [6, 6.07) is 9.83. The van der Waals surface area contributed by atoms with Crippen LogP contribution in [0.2, 0.25) is 0 Å². The molecule has 0 radical (unpaired) electrons. The third kappa shape index (κ3) is 3.89. The maximum Gasteiger partial charge on any atom is 0.320 e. The van der Waals surface area contributed by atoms with Crippen LogP contribution < -0.4 is 5.32 Å². The summed E-state index contributed by atoms with van der Waals surface area (Å²) in [7, 11) is 0. The minimum atomic E-state index is -0.851. The molecule has 0 saturated carbocycles. The van der Waals surface area contributed by atoms with E-state index in [0.717, 1.165) is 9.75 Å². The third-order valence-electron chi connectivity index (χ3n) is 3.23. The second-order valence-electron chi connectivity index (χ2n) is 5.19. The highest BCUT2D eigenvalue weighted by Crippen LogP contribution is 2.30. The summed E-state index contributed by atoms with van der Waals surface area (Å²) in [4.78, 5) is 13.0. The van der Waals surface area contributed by atoms with Gasteiger partial charge in [-0.3, -0.25) is 10.1 Å². The van der Waals surface area contributed by atoms with Crippen molar-refractivity contribution in [3.8, 4) is 10.4 Å². The van der Waals surface area contributed by atoms with Crippen LogP contribution in [-0.2, 0) is 11.3 Å². The van der Waals surface area contributed by atoms with Gasteiger partial charge < -0.3 is 5.11 Å². The SMILES string of the molecule is CC(C)[C@@H](NCc1ccc(-c2ccccc2F)s1)C(=O)O. The molecule has 0 aliphatic heterocycles. The molecule has 1 heterocycles. The number of carboxylic acids is 1. The molecule has 0 fully saturated rings. The van der Waals surface area contributed by atoms with Gasteiger partial charge in [0.05, 0.1) is 0 Å². The number of halogens is 1. The first-order valence-electron chi connectivity index (χ1n) is 6.79. The van der Waals surface area contributed by atoms with Crippen LogP contribution in [0.3, 0.4) is 0 Å². The van der Waals surface area contributed by atoms with Crippen molar-refractivity contribution in [2.75, 3.05) is 0 Å². The van der Waals surface area contributed by atoms with E-state index in [1.807, 2.05) is 26.0 Å². The Labute approximate surface area is 127 Å². The average Bonchev–Trinajstić information content (AvgIpc) is 2.87. The fraction of sp³-hybridized carbons (Fsp3) is 0.312. The molecule has 0 bridgehead atoms. The highest BCUT2D eigenvalue weighted by molar-refractivity contribution is 7.15. The fourth-order valence-electron chi connectivity index (χ4n) is 2.10. The van der Waals surface area contributed by atoms with Gasteiger partial charge >= 0.3 is 5.97 Å². The van der Waals surface area contributed by atoms with Crippen LogP contribution in [0.1, 0.15) is 18.7 Å². The Morgan fingerprint density at radius 1 is 1.29 bits per heavy atom. The van der Waals surface area contributed by atoms with E-state index >= 15 is 0 Å². The van der Waals surface area contributed by atoms with Gasteiger partial charge in [-0.1, -0.05) is 32.0 Å². The van der Waals surface area contributed by atoms with Gasteiger partial charge in [-0.05, 0) is 24.1 Å². The van der Waals surface area contributed by atoms with Crippen molar-refractivity contribution in [1.29, 1.82) is 0 Å². The molecule has 5 heteroatoms. The Morgan fingerprint density at radius 3 is 2.62 bits per heavy atom. The van der Waals surface area contributed by atoms with Crippen molar-refractivity contribution in [3.63, 3.8) is 0 Å². The number of nitrogens with one attached hydrogen (secondary N) is 1. The lowest BCUT2D eigenvalue weighted by atomic mass is 10.1. The van der Waals surface area contributed by atoms with Crippen molar-refractivity contribution >= 4 is 17.3 Å².